The Labute approximate surface area is 107 Å². The Morgan fingerprint density at radius 2 is 2.27 bits per heavy atom. The maximum absolute atomic E-state index is 10.6. The molecule has 0 heterocycles. The number of aliphatic carboxylic acids is 1. The number of benzene rings is 1. The normalized spacial score (nSPS) is 12.5. The Balaban J connectivity index is 2.83. The molecule has 0 aliphatic heterocycles. The van der Waals surface area contributed by atoms with Crippen molar-refractivity contribution in [3.8, 4) is 0 Å². The van der Waals surface area contributed by atoms with Gasteiger partial charge >= 0.3 is 5.97 Å². The van der Waals surface area contributed by atoms with Crippen LogP contribution in [-0.2, 0) is 15.6 Å². The lowest BCUT2D eigenvalue weighted by Gasteiger charge is -2.08. The highest BCUT2D eigenvalue weighted by molar-refractivity contribution is 14.1. The predicted octanol–water partition coefficient (Wildman–Crippen LogP) is 2.23. The summed E-state index contributed by atoms with van der Waals surface area (Å²) < 4.78 is 0.798. The summed E-state index contributed by atoms with van der Waals surface area (Å²) in [5.74, 6) is -0.985. The average Bonchev–Trinajstić information content (AvgIpc) is 2.20. The van der Waals surface area contributed by atoms with Crippen LogP contribution in [0.5, 0.6) is 0 Å². The van der Waals surface area contributed by atoms with E-state index < -0.39 is 12.0 Å². The van der Waals surface area contributed by atoms with E-state index in [1.807, 2.05) is 6.07 Å². The molecule has 0 aliphatic rings. The minimum absolute atomic E-state index is 0.330. The number of nitrogens with two attached hydrogens (primary N) is 1. The van der Waals surface area contributed by atoms with Gasteiger partial charge in [-0.3, -0.25) is 4.79 Å². The molecule has 0 amide bonds. The number of alkyl halides is 1. The van der Waals surface area contributed by atoms with Crippen LogP contribution in [0, 0.1) is 0 Å². The second-order valence-electron chi connectivity index (χ2n) is 3.21. The predicted molar refractivity (Wildman–Crippen MR) is 68.5 cm³/mol. The summed E-state index contributed by atoms with van der Waals surface area (Å²) >= 11 is 8.15. The topological polar surface area (TPSA) is 63.3 Å². The lowest BCUT2D eigenvalue weighted by Crippen LogP contribution is -2.32. The van der Waals surface area contributed by atoms with Crippen molar-refractivity contribution in [1.82, 2.24) is 0 Å². The van der Waals surface area contributed by atoms with Gasteiger partial charge in [-0.25, -0.2) is 0 Å². The smallest absolute Gasteiger partial charge is 0.320 e. The molecule has 1 atom stereocenters. The highest BCUT2D eigenvalue weighted by Crippen LogP contribution is 2.20. The van der Waals surface area contributed by atoms with Gasteiger partial charge in [-0.15, -0.1) is 0 Å². The Bertz CT molecular complexity index is 370. The Morgan fingerprint density at radius 1 is 1.60 bits per heavy atom. The Kier molecular flexibility index (Phi) is 4.82. The van der Waals surface area contributed by atoms with Crippen molar-refractivity contribution < 1.29 is 9.90 Å². The monoisotopic (exact) mass is 339 g/mol. The second-order valence-corrected chi connectivity index (χ2v) is 4.38. The van der Waals surface area contributed by atoms with Gasteiger partial charge in [-0.05, 0) is 23.6 Å². The van der Waals surface area contributed by atoms with Crippen molar-refractivity contribution in [2.45, 2.75) is 16.9 Å². The molecule has 3 nitrogen and oxygen atoms in total. The molecule has 1 aromatic carbocycles. The third-order valence-electron chi connectivity index (χ3n) is 2.03. The van der Waals surface area contributed by atoms with Crippen LogP contribution in [0.4, 0.5) is 0 Å². The maximum Gasteiger partial charge on any atom is 0.320 e. The second kappa shape index (κ2) is 5.67. The molecule has 15 heavy (non-hydrogen) atoms. The Hall–Kier alpha value is -0.330. The quantitative estimate of drug-likeness (QED) is 0.653. The first-order valence-electron chi connectivity index (χ1n) is 4.36. The van der Waals surface area contributed by atoms with Gasteiger partial charge in [0.2, 0.25) is 0 Å². The van der Waals surface area contributed by atoms with Crippen molar-refractivity contribution >= 4 is 40.2 Å². The van der Waals surface area contributed by atoms with E-state index in [9.17, 15) is 4.79 Å². The molecule has 0 fully saturated rings. The minimum atomic E-state index is -0.985. The third kappa shape index (κ3) is 3.62. The number of hydrogen-bond donors (Lipinski definition) is 2. The van der Waals surface area contributed by atoms with Gasteiger partial charge in [0.1, 0.15) is 6.04 Å². The lowest BCUT2D eigenvalue weighted by atomic mass is 10.0. The first-order chi connectivity index (χ1) is 7.04. The SMILES string of the molecule is N[C@@H](Cc1ccc(Cl)c(CI)c1)C(=O)O. The molecule has 1 aromatic rings. The van der Waals surface area contributed by atoms with Crippen LogP contribution >= 0.6 is 34.2 Å². The van der Waals surface area contributed by atoms with Crippen LogP contribution in [0.15, 0.2) is 18.2 Å². The van der Waals surface area contributed by atoms with E-state index >= 15 is 0 Å². The van der Waals surface area contributed by atoms with Crippen molar-refractivity contribution in [3.63, 3.8) is 0 Å². The molecule has 0 saturated heterocycles. The summed E-state index contributed by atoms with van der Waals surface area (Å²) in [6.07, 6.45) is 0.330. The van der Waals surface area contributed by atoms with Crippen molar-refractivity contribution in [1.29, 1.82) is 0 Å². The fraction of sp³-hybridized carbons (Fsp3) is 0.300. The zero-order valence-electron chi connectivity index (χ0n) is 7.91. The number of halogens is 2. The molecule has 0 radical (unpaired) electrons. The fourth-order valence-corrected chi connectivity index (χ4v) is 2.24. The number of carbonyl (C=O) groups is 1. The van der Waals surface area contributed by atoms with E-state index in [2.05, 4.69) is 22.6 Å². The summed E-state index contributed by atoms with van der Waals surface area (Å²) in [5.41, 5.74) is 7.35. The Morgan fingerprint density at radius 3 is 2.80 bits per heavy atom. The van der Waals surface area contributed by atoms with Gasteiger partial charge < -0.3 is 10.8 Å². The molecular formula is C10H11ClINO2. The van der Waals surface area contributed by atoms with Crippen LogP contribution in [0.2, 0.25) is 5.02 Å². The molecule has 0 aliphatic carbocycles. The van der Waals surface area contributed by atoms with Crippen LogP contribution in [0.25, 0.3) is 0 Å². The summed E-state index contributed by atoms with van der Waals surface area (Å²) in [7, 11) is 0. The molecular weight excluding hydrogens is 328 g/mol. The van der Waals surface area contributed by atoms with Gasteiger partial charge in [-0.2, -0.15) is 0 Å². The molecule has 0 unspecified atom stereocenters. The first-order valence-corrected chi connectivity index (χ1v) is 6.26. The number of carboxylic acids is 1. The van der Waals surface area contributed by atoms with Crippen LogP contribution in [-0.4, -0.2) is 17.1 Å². The summed E-state index contributed by atoms with van der Waals surface area (Å²) in [6, 6.07) is 4.63. The van der Waals surface area contributed by atoms with E-state index in [0.29, 0.717) is 11.4 Å². The molecule has 0 saturated carbocycles. The zero-order valence-corrected chi connectivity index (χ0v) is 10.8. The lowest BCUT2D eigenvalue weighted by molar-refractivity contribution is -0.138. The summed E-state index contributed by atoms with van der Waals surface area (Å²) in [6.45, 7) is 0. The maximum atomic E-state index is 10.6. The molecule has 3 N–H and O–H groups in total. The van der Waals surface area contributed by atoms with E-state index in [1.54, 1.807) is 12.1 Å². The zero-order chi connectivity index (χ0) is 11.4. The molecule has 5 heteroatoms. The van der Waals surface area contributed by atoms with Crippen molar-refractivity contribution in [2.75, 3.05) is 0 Å². The van der Waals surface area contributed by atoms with E-state index in [1.165, 1.54) is 0 Å². The number of hydrogen-bond acceptors (Lipinski definition) is 2. The van der Waals surface area contributed by atoms with Gasteiger partial charge in [0.05, 0.1) is 0 Å². The summed E-state index contributed by atoms with van der Waals surface area (Å²) in [4.78, 5) is 10.6. The molecule has 0 spiro atoms. The van der Waals surface area contributed by atoms with Gasteiger partial charge in [-0.1, -0.05) is 46.3 Å². The van der Waals surface area contributed by atoms with E-state index in [0.717, 1.165) is 15.6 Å². The average molecular weight is 340 g/mol. The minimum Gasteiger partial charge on any atom is -0.480 e. The van der Waals surface area contributed by atoms with E-state index in [-0.39, 0.29) is 0 Å². The molecule has 0 aromatic heterocycles. The standard InChI is InChI=1S/C10H11ClINO2/c11-8-2-1-6(3-7(8)5-12)4-9(13)10(14)15/h1-3,9H,4-5,13H2,(H,14,15)/t9-/m0/s1. The number of carboxylic acid groups (broad SMARTS) is 1. The van der Waals surface area contributed by atoms with Gasteiger partial charge in [0, 0.05) is 9.45 Å². The molecule has 1 rings (SSSR count). The van der Waals surface area contributed by atoms with Crippen LogP contribution < -0.4 is 5.73 Å². The highest BCUT2D eigenvalue weighted by Gasteiger charge is 2.12. The van der Waals surface area contributed by atoms with Crippen LogP contribution in [0.3, 0.4) is 0 Å². The highest BCUT2D eigenvalue weighted by atomic mass is 127. The van der Waals surface area contributed by atoms with Gasteiger partial charge in [0.15, 0.2) is 0 Å². The fourth-order valence-electron chi connectivity index (χ4n) is 1.20. The van der Waals surface area contributed by atoms with E-state index in [4.69, 9.17) is 22.4 Å². The van der Waals surface area contributed by atoms with Crippen molar-refractivity contribution in [2.24, 2.45) is 5.73 Å². The van der Waals surface area contributed by atoms with Crippen LogP contribution in [0.1, 0.15) is 11.1 Å². The third-order valence-corrected chi connectivity index (χ3v) is 3.22. The molecule has 82 valence electrons. The van der Waals surface area contributed by atoms with Gasteiger partial charge in [0.25, 0.3) is 0 Å². The molecule has 0 bridgehead atoms. The first kappa shape index (κ1) is 12.7. The van der Waals surface area contributed by atoms with Crippen molar-refractivity contribution in [3.05, 3.63) is 34.3 Å². The summed E-state index contributed by atoms with van der Waals surface area (Å²) in [5, 5.41) is 9.38. The largest absolute Gasteiger partial charge is 0.480 e. The number of rotatable bonds is 4.